The second-order valence-corrected chi connectivity index (χ2v) is 12.7. The van der Waals surface area contributed by atoms with Gasteiger partial charge in [0.2, 0.25) is 0 Å². The number of hydrogen-bond donors (Lipinski definition) is 2. The highest BCUT2D eigenvalue weighted by Crippen LogP contribution is 2.35. The Morgan fingerprint density at radius 2 is 1.94 bits per heavy atom. The molecule has 184 valence electrons. The number of aliphatic carboxylic acids is 1. The van der Waals surface area contributed by atoms with Crippen molar-refractivity contribution in [3.63, 3.8) is 0 Å². The topological polar surface area (TPSA) is 110 Å². The zero-order chi connectivity index (χ0) is 24.9. The molecular formula is C23H26FNO6S3. The number of nitrogens with one attached hydrogen (secondary N) is 1. The van der Waals surface area contributed by atoms with Gasteiger partial charge in [0.05, 0.1) is 16.6 Å². The lowest BCUT2D eigenvalue weighted by Crippen LogP contribution is -2.23. The third-order valence-corrected chi connectivity index (χ3v) is 10.2. The summed E-state index contributed by atoms with van der Waals surface area (Å²) in [6, 6.07) is 9.25. The van der Waals surface area contributed by atoms with Gasteiger partial charge in [-0.3, -0.25) is 4.21 Å². The highest BCUT2D eigenvalue weighted by atomic mass is 32.2. The maximum Gasteiger partial charge on any atom is 0.341 e. The van der Waals surface area contributed by atoms with Gasteiger partial charge in [0.1, 0.15) is 15.8 Å². The van der Waals surface area contributed by atoms with Crippen LogP contribution in [0.25, 0.3) is 10.1 Å². The lowest BCUT2D eigenvalue weighted by molar-refractivity contribution is -0.139. The summed E-state index contributed by atoms with van der Waals surface area (Å²) in [5.74, 6) is -0.711. The number of carboxylic acids is 1. The number of carboxylic acid groups (broad SMARTS) is 1. The van der Waals surface area contributed by atoms with Gasteiger partial charge in [0.25, 0.3) is 0 Å². The highest BCUT2D eigenvalue weighted by molar-refractivity contribution is 7.93. The molecule has 1 unspecified atom stereocenters. The van der Waals surface area contributed by atoms with E-state index in [2.05, 4.69) is 5.32 Å². The van der Waals surface area contributed by atoms with Crippen LogP contribution in [0.4, 0.5) is 4.39 Å². The summed E-state index contributed by atoms with van der Waals surface area (Å²) >= 11 is 1.09. The quantitative estimate of drug-likeness (QED) is 0.346. The van der Waals surface area contributed by atoms with Crippen molar-refractivity contribution in [1.29, 1.82) is 0 Å². The second kappa shape index (κ2) is 11.4. The molecule has 0 spiro atoms. The molecule has 7 nitrogen and oxygen atoms in total. The van der Waals surface area contributed by atoms with E-state index in [1.807, 2.05) is 0 Å². The van der Waals surface area contributed by atoms with Gasteiger partial charge < -0.3 is 15.2 Å². The number of aryl methyl sites for hydroxylation is 2. The first-order valence-corrected chi connectivity index (χ1v) is 14.3. The van der Waals surface area contributed by atoms with Crippen LogP contribution in [0.5, 0.6) is 5.75 Å². The number of sulfone groups is 1. The smallest absolute Gasteiger partial charge is 0.341 e. The van der Waals surface area contributed by atoms with Gasteiger partial charge in [0, 0.05) is 21.9 Å². The maximum absolute atomic E-state index is 13.5. The van der Waals surface area contributed by atoms with Crippen LogP contribution in [0.1, 0.15) is 17.5 Å². The zero-order valence-electron chi connectivity index (χ0n) is 18.8. The first-order chi connectivity index (χ1) is 16.1. The van der Waals surface area contributed by atoms with Crippen LogP contribution in [0.2, 0.25) is 0 Å². The fourth-order valence-electron chi connectivity index (χ4n) is 3.43. The number of ether oxygens (including phenoxy) is 1. The normalized spacial score (nSPS) is 12.7. The minimum absolute atomic E-state index is 0.0315. The molecule has 1 heterocycles. The largest absolute Gasteiger partial charge is 0.482 e. The monoisotopic (exact) mass is 527 g/mol. The van der Waals surface area contributed by atoms with Gasteiger partial charge in [-0.2, -0.15) is 0 Å². The van der Waals surface area contributed by atoms with Crippen molar-refractivity contribution in [2.75, 3.05) is 31.2 Å². The van der Waals surface area contributed by atoms with E-state index >= 15 is 0 Å². The molecular weight excluding hydrogens is 501 g/mol. The summed E-state index contributed by atoms with van der Waals surface area (Å²) in [5.41, 5.74) is 1.35. The third kappa shape index (κ3) is 6.62. The lowest BCUT2D eigenvalue weighted by atomic mass is 10.2. The number of thiophene rings is 1. The van der Waals surface area contributed by atoms with Crippen molar-refractivity contribution in [1.82, 2.24) is 5.32 Å². The molecule has 1 atom stereocenters. The second-order valence-electron chi connectivity index (χ2n) is 7.74. The molecule has 0 bridgehead atoms. The molecule has 3 rings (SSSR count). The van der Waals surface area contributed by atoms with E-state index < -0.39 is 39.0 Å². The molecule has 34 heavy (non-hydrogen) atoms. The average Bonchev–Trinajstić information content (AvgIpc) is 3.11. The van der Waals surface area contributed by atoms with E-state index in [0.29, 0.717) is 51.7 Å². The summed E-state index contributed by atoms with van der Waals surface area (Å²) in [4.78, 5) is 11.2. The fourth-order valence-corrected chi connectivity index (χ4v) is 7.80. The standard InChI is InChI=1S/C23H26FNO6S3/c1-15-12-18(5-7-20(15)31-14-22(26)27)33(28)10-9-25-8-3-11-34(29,30)23-16(2)19-6-4-17(24)13-21(19)32-23/h4-7,12-13,25H,3,8-11,14H2,1-2H3,(H,26,27). The predicted molar refractivity (Wildman–Crippen MR) is 132 cm³/mol. The molecule has 11 heteroatoms. The summed E-state index contributed by atoms with van der Waals surface area (Å²) in [7, 11) is -4.75. The number of halogens is 1. The van der Waals surface area contributed by atoms with Crippen LogP contribution in [0, 0.1) is 19.7 Å². The Balaban J connectivity index is 1.45. The molecule has 3 aromatic rings. The van der Waals surface area contributed by atoms with E-state index in [-0.39, 0.29) is 9.96 Å². The number of hydrogen-bond acceptors (Lipinski definition) is 7. The fraction of sp³-hybridized carbons (Fsp3) is 0.348. The summed E-state index contributed by atoms with van der Waals surface area (Å²) in [6.45, 7) is 3.96. The molecule has 0 saturated heterocycles. The highest BCUT2D eigenvalue weighted by Gasteiger charge is 2.21. The molecule has 2 aromatic carbocycles. The van der Waals surface area contributed by atoms with Gasteiger partial charge in [0.15, 0.2) is 16.4 Å². The van der Waals surface area contributed by atoms with Gasteiger partial charge in [-0.1, -0.05) is 6.07 Å². The van der Waals surface area contributed by atoms with Crippen LogP contribution in [-0.2, 0) is 25.4 Å². The summed E-state index contributed by atoms with van der Waals surface area (Å²) < 4.78 is 57.6. The molecule has 0 aliphatic heterocycles. The first-order valence-electron chi connectivity index (χ1n) is 10.5. The summed E-state index contributed by atoms with van der Waals surface area (Å²) in [6.07, 6.45) is 0.395. The molecule has 0 amide bonds. The lowest BCUT2D eigenvalue weighted by Gasteiger charge is -2.10. The van der Waals surface area contributed by atoms with E-state index in [4.69, 9.17) is 9.84 Å². The summed E-state index contributed by atoms with van der Waals surface area (Å²) in [5, 5.41) is 12.6. The minimum Gasteiger partial charge on any atom is -0.482 e. The molecule has 0 aliphatic rings. The predicted octanol–water partition coefficient (Wildman–Crippen LogP) is 3.68. The van der Waals surface area contributed by atoms with Crippen molar-refractivity contribution in [2.24, 2.45) is 0 Å². The molecule has 2 N–H and O–H groups in total. The first kappa shape index (κ1) is 26.3. The molecule has 1 aromatic heterocycles. The van der Waals surface area contributed by atoms with Crippen molar-refractivity contribution in [2.45, 2.75) is 29.4 Å². The van der Waals surface area contributed by atoms with E-state index in [0.717, 1.165) is 16.7 Å². The minimum atomic E-state index is -3.48. The van der Waals surface area contributed by atoms with E-state index in [1.165, 1.54) is 12.1 Å². The van der Waals surface area contributed by atoms with Crippen LogP contribution >= 0.6 is 11.3 Å². The zero-order valence-corrected chi connectivity index (χ0v) is 21.2. The van der Waals surface area contributed by atoms with Crippen LogP contribution < -0.4 is 10.1 Å². The van der Waals surface area contributed by atoms with Gasteiger partial charge in [-0.25, -0.2) is 17.6 Å². The Morgan fingerprint density at radius 3 is 2.65 bits per heavy atom. The van der Waals surface area contributed by atoms with E-state index in [9.17, 15) is 21.8 Å². The number of benzene rings is 2. The average molecular weight is 528 g/mol. The third-order valence-electron chi connectivity index (χ3n) is 5.13. The van der Waals surface area contributed by atoms with Crippen LogP contribution in [0.15, 0.2) is 45.5 Å². The molecule has 0 aliphatic carbocycles. The Bertz CT molecular complexity index is 1320. The van der Waals surface area contributed by atoms with Gasteiger partial charge in [-0.15, -0.1) is 11.3 Å². The number of rotatable bonds is 12. The number of fused-ring (bicyclic) bond motifs is 1. The SMILES string of the molecule is Cc1cc(S(=O)CCNCCCS(=O)(=O)c2sc3cc(F)ccc3c2C)ccc1OCC(=O)O. The molecule has 0 radical (unpaired) electrons. The van der Waals surface area contributed by atoms with Crippen LogP contribution in [-0.4, -0.2) is 54.9 Å². The van der Waals surface area contributed by atoms with Gasteiger partial charge >= 0.3 is 5.97 Å². The Labute approximate surface area is 204 Å². The Morgan fingerprint density at radius 1 is 1.18 bits per heavy atom. The Hall–Kier alpha value is -2.34. The Kier molecular flexibility index (Phi) is 8.80. The molecule has 0 fully saturated rings. The van der Waals surface area contributed by atoms with E-state index in [1.54, 1.807) is 38.1 Å². The van der Waals surface area contributed by atoms with Crippen molar-refractivity contribution >= 4 is 48.0 Å². The maximum atomic E-state index is 13.5. The van der Waals surface area contributed by atoms with Crippen LogP contribution in [0.3, 0.4) is 0 Å². The van der Waals surface area contributed by atoms with Gasteiger partial charge in [-0.05, 0) is 73.7 Å². The van der Waals surface area contributed by atoms with Crippen molar-refractivity contribution < 1.29 is 31.7 Å². The van der Waals surface area contributed by atoms with Crippen molar-refractivity contribution in [3.8, 4) is 5.75 Å². The van der Waals surface area contributed by atoms with Crippen molar-refractivity contribution in [3.05, 3.63) is 53.3 Å². The number of carbonyl (C=O) groups is 1. The molecule has 0 saturated carbocycles.